The van der Waals surface area contributed by atoms with Gasteiger partial charge in [0.25, 0.3) is 0 Å². The molecule has 0 N–H and O–H groups in total. The molecule has 2 aromatic rings. The van der Waals surface area contributed by atoms with E-state index in [0.717, 1.165) is 19.3 Å². The molecule has 0 fully saturated rings. The minimum Gasteiger partial charge on any atom is -0.0611 e. The summed E-state index contributed by atoms with van der Waals surface area (Å²) in [6.45, 7) is 0. The predicted octanol–water partition coefficient (Wildman–Crippen LogP) is 6.18. The molecular formula is C19H14Br2. The van der Waals surface area contributed by atoms with Crippen molar-refractivity contribution in [3.8, 4) is 0 Å². The standard InChI is InChI=1S/C19H14Br2/c20-18-5-1-3-14-8-12(10-16(14)18)7-13-9-15-4-2-6-19(21)17(15)11-13/h1-6,10-11H,7-9H2. The summed E-state index contributed by atoms with van der Waals surface area (Å²) < 4.78 is 2.42. The van der Waals surface area contributed by atoms with E-state index in [2.05, 4.69) is 80.4 Å². The molecule has 0 saturated carbocycles. The van der Waals surface area contributed by atoms with E-state index in [1.807, 2.05) is 0 Å². The van der Waals surface area contributed by atoms with Gasteiger partial charge < -0.3 is 0 Å². The summed E-state index contributed by atoms with van der Waals surface area (Å²) >= 11 is 7.31. The summed E-state index contributed by atoms with van der Waals surface area (Å²) in [7, 11) is 0. The van der Waals surface area contributed by atoms with Crippen molar-refractivity contribution in [2.75, 3.05) is 0 Å². The maximum Gasteiger partial charge on any atom is 0.0250 e. The molecule has 0 amide bonds. The largest absolute Gasteiger partial charge is 0.0611 e. The van der Waals surface area contributed by atoms with Gasteiger partial charge in [0.2, 0.25) is 0 Å². The molecule has 0 saturated heterocycles. The number of benzene rings is 2. The Labute approximate surface area is 141 Å². The first-order valence-electron chi connectivity index (χ1n) is 7.14. The van der Waals surface area contributed by atoms with Gasteiger partial charge in [0.1, 0.15) is 0 Å². The summed E-state index contributed by atoms with van der Waals surface area (Å²) in [5, 5.41) is 0. The Bertz CT molecular complexity index is 730. The summed E-state index contributed by atoms with van der Waals surface area (Å²) in [5.41, 5.74) is 8.65. The van der Waals surface area contributed by atoms with Crippen LogP contribution in [0.5, 0.6) is 0 Å². The third kappa shape index (κ3) is 2.45. The van der Waals surface area contributed by atoms with Gasteiger partial charge in [0.05, 0.1) is 0 Å². The molecule has 0 spiro atoms. The lowest BCUT2D eigenvalue weighted by Gasteiger charge is -2.03. The first kappa shape index (κ1) is 13.5. The smallest absolute Gasteiger partial charge is 0.0250 e. The highest BCUT2D eigenvalue weighted by Crippen LogP contribution is 2.37. The van der Waals surface area contributed by atoms with E-state index >= 15 is 0 Å². The molecule has 104 valence electrons. The quantitative estimate of drug-likeness (QED) is 0.563. The lowest BCUT2D eigenvalue weighted by atomic mass is 10.0. The minimum absolute atomic E-state index is 1.09. The number of halogens is 2. The zero-order valence-electron chi connectivity index (χ0n) is 11.5. The van der Waals surface area contributed by atoms with Crippen molar-refractivity contribution >= 4 is 44.0 Å². The van der Waals surface area contributed by atoms with Crippen LogP contribution in [0.4, 0.5) is 0 Å². The molecule has 2 heteroatoms. The third-order valence-electron chi connectivity index (χ3n) is 4.27. The highest BCUT2D eigenvalue weighted by Gasteiger charge is 2.19. The molecule has 0 heterocycles. The minimum atomic E-state index is 1.09. The molecule has 2 aliphatic rings. The van der Waals surface area contributed by atoms with Crippen molar-refractivity contribution in [3.05, 3.63) is 78.7 Å². The highest BCUT2D eigenvalue weighted by atomic mass is 79.9. The van der Waals surface area contributed by atoms with Crippen LogP contribution in [0.3, 0.4) is 0 Å². The lowest BCUT2D eigenvalue weighted by Crippen LogP contribution is -1.90. The van der Waals surface area contributed by atoms with E-state index in [4.69, 9.17) is 0 Å². The van der Waals surface area contributed by atoms with Crippen LogP contribution in [0.25, 0.3) is 12.2 Å². The lowest BCUT2D eigenvalue weighted by molar-refractivity contribution is 1.01. The van der Waals surface area contributed by atoms with Gasteiger partial charge >= 0.3 is 0 Å². The maximum absolute atomic E-state index is 3.65. The van der Waals surface area contributed by atoms with E-state index in [1.54, 1.807) is 0 Å². The highest BCUT2D eigenvalue weighted by molar-refractivity contribution is 9.10. The molecule has 0 atom stereocenters. The molecule has 21 heavy (non-hydrogen) atoms. The van der Waals surface area contributed by atoms with Crippen molar-refractivity contribution in [2.24, 2.45) is 0 Å². The van der Waals surface area contributed by atoms with E-state index in [-0.39, 0.29) is 0 Å². The number of fused-ring (bicyclic) bond motifs is 2. The zero-order valence-corrected chi connectivity index (χ0v) is 14.7. The van der Waals surface area contributed by atoms with Crippen LogP contribution < -0.4 is 0 Å². The second-order valence-corrected chi connectivity index (χ2v) is 7.47. The molecular weight excluding hydrogens is 388 g/mol. The molecule has 0 aromatic heterocycles. The van der Waals surface area contributed by atoms with Gasteiger partial charge in [-0.2, -0.15) is 0 Å². The Kier molecular flexibility index (Phi) is 3.39. The van der Waals surface area contributed by atoms with Gasteiger partial charge in [0.15, 0.2) is 0 Å². The molecule has 2 aromatic carbocycles. The number of rotatable bonds is 2. The van der Waals surface area contributed by atoms with Crippen molar-refractivity contribution in [2.45, 2.75) is 19.3 Å². The summed E-state index contributed by atoms with van der Waals surface area (Å²) in [4.78, 5) is 0. The predicted molar refractivity (Wildman–Crippen MR) is 96.3 cm³/mol. The van der Waals surface area contributed by atoms with Gasteiger partial charge in [-0.05, 0) is 53.6 Å². The normalized spacial score (nSPS) is 15.5. The summed E-state index contributed by atoms with van der Waals surface area (Å²) in [5.74, 6) is 0. The van der Waals surface area contributed by atoms with Gasteiger partial charge in [-0.15, -0.1) is 0 Å². The Morgan fingerprint density at radius 3 is 1.62 bits per heavy atom. The molecule has 0 bridgehead atoms. The van der Waals surface area contributed by atoms with Crippen LogP contribution in [0.15, 0.2) is 56.5 Å². The van der Waals surface area contributed by atoms with Gasteiger partial charge in [0, 0.05) is 8.95 Å². The van der Waals surface area contributed by atoms with Crippen LogP contribution in [0.1, 0.15) is 28.7 Å². The van der Waals surface area contributed by atoms with Gasteiger partial charge in [-0.1, -0.05) is 79.4 Å². The molecule has 4 rings (SSSR count). The van der Waals surface area contributed by atoms with Crippen LogP contribution in [-0.2, 0) is 12.8 Å². The SMILES string of the molecule is Brc1cccc2c1C=C(CC1=Cc3c(Br)cccc3C1)C2. The van der Waals surface area contributed by atoms with Crippen molar-refractivity contribution in [1.29, 1.82) is 0 Å². The second-order valence-electron chi connectivity index (χ2n) is 5.76. The fourth-order valence-electron chi connectivity index (χ4n) is 3.31. The Morgan fingerprint density at radius 1 is 0.714 bits per heavy atom. The van der Waals surface area contributed by atoms with Crippen molar-refractivity contribution < 1.29 is 0 Å². The Hall–Kier alpha value is -1.12. The fraction of sp³-hybridized carbons (Fsp3) is 0.158. The summed E-state index contributed by atoms with van der Waals surface area (Å²) in [6.07, 6.45) is 7.98. The van der Waals surface area contributed by atoms with Crippen LogP contribution in [-0.4, -0.2) is 0 Å². The number of hydrogen-bond acceptors (Lipinski definition) is 0. The van der Waals surface area contributed by atoms with E-state index < -0.39 is 0 Å². The summed E-state index contributed by atoms with van der Waals surface area (Å²) in [6, 6.07) is 13.0. The average Bonchev–Trinajstić information content (AvgIpc) is 3.04. The first-order valence-corrected chi connectivity index (χ1v) is 8.73. The van der Waals surface area contributed by atoms with Crippen molar-refractivity contribution in [1.82, 2.24) is 0 Å². The Balaban J connectivity index is 1.58. The van der Waals surface area contributed by atoms with Gasteiger partial charge in [-0.3, -0.25) is 0 Å². The maximum atomic E-state index is 3.65. The van der Waals surface area contributed by atoms with Gasteiger partial charge in [-0.25, -0.2) is 0 Å². The topological polar surface area (TPSA) is 0 Å². The average molecular weight is 402 g/mol. The van der Waals surface area contributed by atoms with Crippen LogP contribution in [0.2, 0.25) is 0 Å². The van der Waals surface area contributed by atoms with Crippen LogP contribution in [0, 0.1) is 0 Å². The molecule has 0 unspecified atom stereocenters. The second kappa shape index (κ2) is 5.26. The molecule has 0 aliphatic heterocycles. The molecule has 0 nitrogen and oxygen atoms in total. The zero-order chi connectivity index (χ0) is 14.4. The number of allylic oxidation sites excluding steroid dienone is 2. The molecule has 2 aliphatic carbocycles. The van der Waals surface area contributed by atoms with E-state index in [0.29, 0.717) is 0 Å². The first-order chi connectivity index (χ1) is 10.2. The van der Waals surface area contributed by atoms with E-state index in [9.17, 15) is 0 Å². The van der Waals surface area contributed by atoms with Crippen molar-refractivity contribution in [3.63, 3.8) is 0 Å². The Morgan fingerprint density at radius 2 is 1.19 bits per heavy atom. The third-order valence-corrected chi connectivity index (χ3v) is 5.66. The monoisotopic (exact) mass is 400 g/mol. The number of hydrogen-bond donors (Lipinski definition) is 0. The van der Waals surface area contributed by atoms with E-state index in [1.165, 1.54) is 42.3 Å². The van der Waals surface area contributed by atoms with Crippen LogP contribution >= 0.6 is 31.9 Å². The fourth-order valence-corrected chi connectivity index (χ4v) is 4.36. The molecule has 0 radical (unpaired) electrons.